The Morgan fingerprint density at radius 3 is 2.46 bits per heavy atom. The molecule has 3 aromatic rings. The minimum absolute atomic E-state index is 0.220. The van der Waals surface area contributed by atoms with E-state index in [1.54, 1.807) is 22.9 Å². The lowest BCUT2D eigenvalue weighted by Crippen LogP contribution is -2.20. The predicted molar refractivity (Wildman–Crippen MR) is 82.5 cm³/mol. The number of nitrogens with zero attached hydrogens (tertiary/aromatic N) is 3. The van der Waals surface area contributed by atoms with Crippen LogP contribution in [0.4, 0.5) is 19.1 Å². The lowest BCUT2D eigenvalue weighted by molar-refractivity contribution is 0.579. The summed E-state index contributed by atoms with van der Waals surface area (Å²) in [6, 6.07) is 8.94. The number of fused-ring (bicyclic) bond motifs is 1. The average Bonchev–Trinajstić information content (AvgIpc) is 3.03. The quantitative estimate of drug-likeness (QED) is 0.779. The molecule has 1 aliphatic heterocycles. The number of allylic oxidation sites excluding steroid dienone is 1. The normalized spacial score (nSPS) is 16.3. The van der Waals surface area contributed by atoms with Crippen LogP contribution in [0.5, 0.6) is 0 Å². The van der Waals surface area contributed by atoms with Gasteiger partial charge in [0.2, 0.25) is 5.95 Å². The van der Waals surface area contributed by atoms with Crippen molar-refractivity contribution in [2.75, 3.05) is 5.32 Å². The zero-order chi connectivity index (χ0) is 16.7. The van der Waals surface area contributed by atoms with Crippen LogP contribution in [0.25, 0.3) is 5.70 Å². The third-order valence-corrected chi connectivity index (χ3v) is 3.84. The summed E-state index contributed by atoms with van der Waals surface area (Å²) in [6.07, 6.45) is 3.11. The van der Waals surface area contributed by atoms with Crippen molar-refractivity contribution in [1.82, 2.24) is 14.8 Å². The Morgan fingerprint density at radius 1 is 0.958 bits per heavy atom. The second-order valence-electron chi connectivity index (χ2n) is 5.35. The van der Waals surface area contributed by atoms with Crippen molar-refractivity contribution in [3.8, 4) is 0 Å². The summed E-state index contributed by atoms with van der Waals surface area (Å²) in [5.74, 6) is -1.25. The van der Waals surface area contributed by atoms with Crippen molar-refractivity contribution in [2.45, 2.75) is 6.04 Å². The fourth-order valence-corrected chi connectivity index (χ4v) is 2.70. The number of anilines is 1. The monoisotopic (exact) mass is 328 g/mol. The summed E-state index contributed by atoms with van der Waals surface area (Å²) in [5.41, 5.74) is 1.43. The molecule has 4 nitrogen and oxygen atoms in total. The topological polar surface area (TPSA) is 42.7 Å². The van der Waals surface area contributed by atoms with E-state index in [0.29, 0.717) is 11.6 Å². The number of hydrogen-bond donors (Lipinski definition) is 1. The van der Waals surface area contributed by atoms with Gasteiger partial charge >= 0.3 is 0 Å². The molecular weight excluding hydrogens is 317 g/mol. The molecule has 0 saturated carbocycles. The minimum Gasteiger partial charge on any atom is -0.324 e. The van der Waals surface area contributed by atoms with E-state index in [1.165, 1.54) is 30.6 Å². The maximum absolute atomic E-state index is 14.1. The highest BCUT2D eigenvalue weighted by molar-refractivity contribution is 5.77. The summed E-state index contributed by atoms with van der Waals surface area (Å²) < 4.78 is 42.0. The molecule has 0 bridgehead atoms. The van der Waals surface area contributed by atoms with Crippen molar-refractivity contribution >= 4 is 11.6 Å². The van der Waals surface area contributed by atoms with Gasteiger partial charge in [0.05, 0.1) is 0 Å². The Balaban J connectivity index is 1.82. The zero-order valence-corrected chi connectivity index (χ0v) is 12.2. The molecule has 7 heteroatoms. The molecule has 0 amide bonds. The van der Waals surface area contributed by atoms with Crippen LogP contribution >= 0.6 is 0 Å². The molecule has 1 aromatic heterocycles. The van der Waals surface area contributed by atoms with E-state index in [1.807, 2.05) is 0 Å². The van der Waals surface area contributed by atoms with Crippen molar-refractivity contribution in [3.63, 3.8) is 0 Å². The molecule has 2 heterocycles. The first-order valence-corrected chi connectivity index (χ1v) is 7.21. The first-order valence-electron chi connectivity index (χ1n) is 7.21. The molecule has 120 valence electrons. The summed E-state index contributed by atoms with van der Waals surface area (Å²) in [4.78, 5) is 4.10. The molecule has 1 unspecified atom stereocenters. The number of nitrogens with one attached hydrogen (secondary N) is 1. The fourth-order valence-electron chi connectivity index (χ4n) is 2.70. The molecule has 0 saturated heterocycles. The Labute approximate surface area is 135 Å². The summed E-state index contributed by atoms with van der Waals surface area (Å²) in [7, 11) is 0. The Bertz CT molecular complexity index is 931. The molecule has 0 aliphatic carbocycles. The van der Waals surface area contributed by atoms with E-state index in [0.717, 1.165) is 11.6 Å². The van der Waals surface area contributed by atoms with Crippen molar-refractivity contribution < 1.29 is 13.2 Å². The fraction of sp³-hybridized carbons (Fsp3) is 0.0588. The highest BCUT2D eigenvalue weighted by Gasteiger charge is 2.24. The van der Waals surface area contributed by atoms with Crippen molar-refractivity contribution in [3.05, 3.63) is 83.4 Å². The first kappa shape index (κ1) is 14.5. The van der Waals surface area contributed by atoms with E-state index >= 15 is 0 Å². The van der Waals surface area contributed by atoms with Gasteiger partial charge in [-0.05, 0) is 35.9 Å². The van der Waals surface area contributed by atoms with Gasteiger partial charge in [-0.3, -0.25) is 0 Å². The molecule has 0 spiro atoms. The smallest absolute Gasteiger partial charge is 0.226 e. The highest BCUT2D eigenvalue weighted by Crippen LogP contribution is 2.32. The van der Waals surface area contributed by atoms with Crippen LogP contribution in [0.1, 0.15) is 17.2 Å². The molecule has 2 aromatic carbocycles. The average molecular weight is 328 g/mol. The third-order valence-electron chi connectivity index (χ3n) is 3.84. The van der Waals surface area contributed by atoms with E-state index < -0.39 is 11.6 Å². The molecular formula is C17H11F3N4. The van der Waals surface area contributed by atoms with Crippen LogP contribution in [0, 0.1) is 17.5 Å². The van der Waals surface area contributed by atoms with E-state index in [9.17, 15) is 13.2 Å². The standard InChI is InChI=1S/C17H11F3N4/c18-11-3-1-10(2-4-11)16-8-15(23-17-21-9-22-24(16)17)13-6-5-12(19)7-14(13)20/h1-9,16H,(H,21,22,23). The molecule has 1 atom stereocenters. The van der Waals surface area contributed by atoms with Crippen molar-refractivity contribution in [1.29, 1.82) is 0 Å². The SMILES string of the molecule is Fc1ccc(C2C=C(c3ccc(F)cc3F)Nc3ncnn32)cc1. The lowest BCUT2D eigenvalue weighted by atomic mass is 10.0. The second kappa shape index (κ2) is 5.52. The maximum atomic E-state index is 14.1. The van der Waals surface area contributed by atoms with Gasteiger partial charge in [0, 0.05) is 17.3 Å². The van der Waals surface area contributed by atoms with Gasteiger partial charge in [0.1, 0.15) is 29.8 Å². The second-order valence-corrected chi connectivity index (χ2v) is 5.35. The Hall–Kier alpha value is -3.09. The zero-order valence-electron chi connectivity index (χ0n) is 12.2. The van der Waals surface area contributed by atoms with E-state index in [2.05, 4.69) is 15.4 Å². The molecule has 24 heavy (non-hydrogen) atoms. The van der Waals surface area contributed by atoms with Gasteiger partial charge in [-0.15, -0.1) is 0 Å². The summed E-state index contributed by atoms with van der Waals surface area (Å²) >= 11 is 0. The maximum Gasteiger partial charge on any atom is 0.226 e. The predicted octanol–water partition coefficient (Wildman–Crippen LogP) is 3.75. The van der Waals surface area contributed by atoms with E-state index in [-0.39, 0.29) is 17.4 Å². The van der Waals surface area contributed by atoms with Gasteiger partial charge in [0.15, 0.2) is 0 Å². The van der Waals surface area contributed by atoms with Crippen LogP contribution in [0.3, 0.4) is 0 Å². The first-order chi connectivity index (χ1) is 11.6. The summed E-state index contributed by atoms with van der Waals surface area (Å²) in [5, 5.41) is 7.13. The van der Waals surface area contributed by atoms with Crippen LogP contribution in [0.15, 0.2) is 54.9 Å². The largest absolute Gasteiger partial charge is 0.324 e. The number of benzene rings is 2. The molecule has 0 fully saturated rings. The number of hydrogen-bond acceptors (Lipinski definition) is 3. The summed E-state index contributed by atoms with van der Waals surface area (Å²) in [6.45, 7) is 0. The lowest BCUT2D eigenvalue weighted by Gasteiger charge is -2.24. The van der Waals surface area contributed by atoms with Crippen LogP contribution in [-0.2, 0) is 0 Å². The van der Waals surface area contributed by atoms with Gasteiger partial charge in [-0.1, -0.05) is 12.1 Å². The van der Waals surface area contributed by atoms with Crippen LogP contribution < -0.4 is 5.32 Å². The van der Waals surface area contributed by atoms with Gasteiger partial charge in [0.25, 0.3) is 0 Å². The highest BCUT2D eigenvalue weighted by atomic mass is 19.1. The number of aromatic nitrogens is 3. The molecule has 1 aliphatic rings. The number of halogens is 3. The van der Waals surface area contributed by atoms with Gasteiger partial charge < -0.3 is 5.32 Å². The number of rotatable bonds is 2. The van der Waals surface area contributed by atoms with Crippen LogP contribution in [0.2, 0.25) is 0 Å². The third kappa shape index (κ3) is 2.44. The Morgan fingerprint density at radius 2 is 1.71 bits per heavy atom. The van der Waals surface area contributed by atoms with E-state index in [4.69, 9.17) is 0 Å². The van der Waals surface area contributed by atoms with Gasteiger partial charge in [-0.2, -0.15) is 10.1 Å². The molecule has 1 N–H and O–H groups in total. The van der Waals surface area contributed by atoms with Crippen molar-refractivity contribution in [2.24, 2.45) is 0 Å². The minimum atomic E-state index is -0.681. The van der Waals surface area contributed by atoms with Gasteiger partial charge in [-0.25, -0.2) is 17.9 Å². The molecule has 0 radical (unpaired) electrons. The van der Waals surface area contributed by atoms with Crippen LogP contribution in [-0.4, -0.2) is 14.8 Å². The Kier molecular flexibility index (Phi) is 3.34. The molecule has 4 rings (SSSR count).